The van der Waals surface area contributed by atoms with Crippen LogP contribution >= 0.6 is 0 Å². The number of anilines is 1. The minimum atomic E-state index is -0.471. The first-order chi connectivity index (χ1) is 14.0. The normalized spacial score (nSPS) is 10.6. The van der Waals surface area contributed by atoms with Crippen LogP contribution in [0.15, 0.2) is 54.2 Å². The Hall–Kier alpha value is -3.79. The third-order valence-corrected chi connectivity index (χ3v) is 4.19. The zero-order chi connectivity index (χ0) is 21.2. The fourth-order valence-corrected chi connectivity index (χ4v) is 2.56. The number of Topliss-reactive ketones (excluding diaryl/α,β-unsaturated/α-hetero) is 1. The molecule has 2 aromatic carbocycles. The summed E-state index contributed by atoms with van der Waals surface area (Å²) in [5.41, 5.74) is 2.18. The molecule has 0 aliphatic carbocycles. The van der Waals surface area contributed by atoms with Gasteiger partial charge in [0.05, 0.1) is 14.2 Å². The van der Waals surface area contributed by atoms with Crippen molar-refractivity contribution >= 4 is 17.4 Å². The fraction of sp³-hybridized carbons (Fsp3) is 0.227. The highest BCUT2D eigenvalue weighted by atomic mass is 16.5. The van der Waals surface area contributed by atoms with Crippen molar-refractivity contribution in [1.29, 1.82) is 5.26 Å². The molecule has 0 atom stereocenters. The van der Waals surface area contributed by atoms with Crippen molar-refractivity contribution in [3.63, 3.8) is 0 Å². The lowest BCUT2D eigenvalue weighted by atomic mass is 10.1. The van der Waals surface area contributed by atoms with Crippen molar-refractivity contribution in [2.75, 3.05) is 26.1 Å². The van der Waals surface area contributed by atoms with E-state index in [1.165, 1.54) is 13.1 Å². The van der Waals surface area contributed by atoms with E-state index in [9.17, 15) is 14.9 Å². The number of ether oxygens (including phenoxy) is 2. The summed E-state index contributed by atoms with van der Waals surface area (Å²) in [5, 5.41) is 14.9. The van der Waals surface area contributed by atoms with E-state index < -0.39 is 5.91 Å². The Labute approximate surface area is 169 Å². The molecule has 0 bridgehead atoms. The Morgan fingerprint density at radius 3 is 2.34 bits per heavy atom. The summed E-state index contributed by atoms with van der Waals surface area (Å²) >= 11 is 0. The molecule has 1 amide bonds. The van der Waals surface area contributed by atoms with E-state index in [1.54, 1.807) is 44.6 Å². The van der Waals surface area contributed by atoms with E-state index in [2.05, 4.69) is 10.6 Å². The van der Waals surface area contributed by atoms with Gasteiger partial charge in [0, 0.05) is 24.0 Å². The highest BCUT2D eigenvalue weighted by molar-refractivity contribution is 5.97. The van der Waals surface area contributed by atoms with Gasteiger partial charge in [-0.25, -0.2) is 0 Å². The molecule has 2 aromatic rings. The van der Waals surface area contributed by atoms with Crippen LogP contribution in [0.25, 0.3) is 0 Å². The van der Waals surface area contributed by atoms with E-state index in [4.69, 9.17) is 9.47 Å². The first kappa shape index (κ1) is 21.5. The average Bonchev–Trinajstić information content (AvgIpc) is 2.74. The number of rotatable bonds is 9. The lowest BCUT2D eigenvalue weighted by Crippen LogP contribution is -2.27. The highest BCUT2D eigenvalue weighted by Crippen LogP contribution is 2.27. The summed E-state index contributed by atoms with van der Waals surface area (Å²) in [5.74, 6) is 0.755. The molecule has 7 nitrogen and oxygen atoms in total. The Morgan fingerprint density at radius 1 is 1.07 bits per heavy atom. The molecule has 0 fully saturated rings. The predicted octanol–water partition coefficient (Wildman–Crippen LogP) is 3.08. The van der Waals surface area contributed by atoms with Crippen LogP contribution in [0.2, 0.25) is 0 Å². The minimum Gasteiger partial charge on any atom is -0.493 e. The van der Waals surface area contributed by atoms with Gasteiger partial charge in [0.1, 0.15) is 11.6 Å². The molecule has 150 valence electrons. The van der Waals surface area contributed by atoms with Crippen molar-refractivity contribution in [3.8, 4) is 17.6 Å². The monoisotopic (exact) mass is 393 g/mol. The molecule has 0 aromatic heterocycles. The molecule has 0 aliphatic heterocycles. The molecule has 0 saturated heterocycles. The Bertz CT molecular complexity index is 944. The third kappa shape index (κ3) is 6.11. The fourth-order valence-electron chi connectivity index (χ4n) is 2.56. The molecule has 29 heavy (non-hydrogen) atoms. The molecular formula is C22H23N3O4. The van der Waals surface area contributed by atoms with E-state index in [0.717, 1.165) is 5.56 Å². The SMILES string of the molecule is COc1ccc(CCNC(=O)/C(C#N)=C\Nc2ccc(C(C)=O)cc2)cc1OC. The first-order valence-corrected chi connectivity index (χ1v) is 8.95. The number of nitriles is 1. The maximum Gasteiger partial charge on any atom is 0.263 e. The maximum atomic E-state index is 12.2. The molecule has 0 spiro atoms. The average molecular weight is 393 g/mol. The van der Waals surface area contributed by atoms with Gasteiger partial charge >= 0.3 is 0 Å². The van der Waals surface area contributed by atoms with E-state index in [-0.39, 0.29) is 11.4 Å². The van der Waals surface area contributed by atoms with Gasteiger partial charge in [-0.3, -0.25) is 9.59 Å². The Balaban J connectivity index is 1.91. The molecule has 0 aliphatic rings. The number of methoxy groups -OCH3 is 2. The van der Waals surface area contributed by atoms with Crippen LogP contribution in [0.1, 0.15) is 22.8 Å². The molecular weight excluding hydrogens is 370 g/mol. The molecule has 7 heteroatoms. The molecule has 2 N–H and O–H groups in total. The van der Waals surface area contributed by atoms with Crippen LogP contribution in [0, 0.1) is 11.3 Å². The lowest BCUT2D eigenvalue weighted by Gasteiger charge is -2.10. The van der Waals surface area contributed by atoms with Crippen molar-refractivity contribution in [3.05, 3.63) is 65.4 Å². The largest absolute Gasteiger partial charge is 0.493 e. The molecule has 0 saturated carbocycles. The minimum absolute atomic E-state index is 0.0290. The van der Waals surface area contributed by atoms with E-state index >= 15 is 0 Å². The van der Waals surface area contributed by atoms with Gasteiger partial charge < -0.3 is 20.1 Å². The Morgan fingerprint density at radius 2 is 1.76 bits per heavy atom. The molecule has 2 rings (SSSR count). The first-order valence-electron chi connectivity index (χ1n) is 8.95. The van der Waals surface area contributed by atoms with Crippen molar-refractivity contribution in [1.82, 2.24) is 5.32 Å². The van der Waals surface area contributed by atoms with Crippen LogP contribution in [0.3, 0.4) is 0 Å². The number of nitrogens with one attached hydrogen (secondary N) is 2. The van der Waals surface area contributed by atoms with Gasteiger partial charge in [-0.1, -0.05) is 6.07 Å². The van der Waals surface area contributed by atoms with Gasteiger partial charge in [0.2, 0.25) is 0 Å². The second kappa shape index (κ2) is 10.5. The number of nitrogens with zero attached hydrogens (tertiary/aromatic N) is 1. The van der Waals surface area contributed by atoms with Gasteiger partial charge in [-0.05, 0) is 55.3 Å². The number of hydrogen-bond donors (Lipinski definition) is 2. The third-order valence-electron chi connectivity index (χ3n) is 4.19. The van der Waals surface area contributed by atoms with Crippen molar-refractivity contribution < 1.29 is 19.1 Å². The van der Waals surface area contributed by atoms with Gasteiger partial charge in [-0.15, -0.1) is 0 Å². The summed E-state index contributed by atoms with van der Waals surface area (Å²) in [6.45, 7) is 1.85. The zero-order valence-electron chi connectivity index (χ0n) is 16.6. The Kier molecular flexibility index (Phi) is 7.80. The van der Waals surface area contributed by atoms with Crippen LogP contribution in [-0.4, -0.2) is 32.5 Å². The van der Waals surface area contributed by atoms with E-state index in [1.807, 2.05) is 18.2 Å². The van der Waals surface area contributed by atoms with Crippen LogP contribution < -0.4 is 20.1 Å². The number of benzene rings is 2. The van der Waals surface area contributed by atoms with Crippen LogP contribution in [0.5, 0.6) is 11.5 Å². The number of carbonyl (C=O) groups is 2. The standard InChI is InChI=1S/C22H23N3O4/c1-15(26)17-5-7-19(8-6-17)25-14-18(13-23)22(27)24-11-10-16-4-9-20(28-2)21(12-16)29-3/h4-9,12,14,25H,10-11H2,1-3H3,(H,24,27)/b18-14-. The molecule has 0 heterocycles. The number of amides is 1. The van der Waals surface area contributed by atoms with Crippen molar-refractivity contribution in [2.45, 2.75) is 13.3 Å². The van der Waals surface area contributed by atoms with Crippen molar-refractivity contribution in [2.24, 2.45) is 0 Å². The number of hydrogen-bond acceptors (Lipinski definition) is 6. The predicted molar refractivity (Wildman–Crippen MR) is 110 cm³/mol. The van der Waals surface area contributed by atoms with Crippen LogP contribution in [-0.2, 0) is 11.2 Å². The lowest BCUT2D eigenvalue weighted by molar-refractivity contribution is -0.117. The number of carbonyl (C=O) groups excluding carboxylic acids is 2. The molecule has 0 radical (unpaired) electrons. The van der Waals surface area contributed by atoms with E-state index in [0.29, 0.717) is 35.7 Å². The summed E-state index contributed by atoms with van der Waals surface area (Å²) < 4.78 is 10.5. The summed E-state index contributed by atoms with van der Waals surface area (Å²) in [4.78, 5) is 23.5. The zero-order valence-corrected chi connectivity index (χ0v) is 16.6. The number of ketones is 1. The smallest absolute Gasteiger partial charge is 0.263 e. The topological polar surface area (TPSA) is 100 Å². The summed E-state index contributed by atoms with van der Waals surface area (Å²) in [6.07, 6.45) is 1.92. The van der Waals surface area contributed by atoms with Gasteiger partial charge in [0.15, 0.2) is 17.3 Å². The maximum absolute atomic E-state index is 12.2. The summed E-state index contributed by atoms with van der Waals surface area (Å²) in [7, 11) is 3.13. The second-order valence-electron chi connectivity index (χ2n) is 6.14. The highest BCUT2D eigenvalue weighted by Gasteiger charge is 2.09. The summed E-state index contributed by atoms with van der Waals surface area (Å²) in [6, 6.07) is 14.2. The van der Waals surface area contributed by atoms with Crippen LogP contribution in [0.4, 0.5) is 5.69 Å². The second-order valence-corrected chi connectivity index (χ2v) is 6.14. The molecule has 0 unspecified atom stereocenters. The quantitative estimate of drug-likeness (QED) is 0.386. The van der Waals surface area contributed by atoms with Gasteiger partial charge in [-0.2, -0.15) is 5.26 Å². The van der Waals surface area contributed by atoms with Gasteiger partial charge in [0.25, 0.3) is 5.91 Å².